The van der Waals surface area contributed by atoms with E-state index in [0.29, 0.717) is 12.3 Å². The van der Waals surface area contributed by atoms with Gasteiger partial charge in [0.15, 0.2) is 5.76 Å². The van der Waals surface area contributed by atoms with Crippen molar-refractivity contribution in [2.45, 2.75) is 25.8 Å². The molecular weight excluding hydrogens is 364 g/mol. The zero-order valence-electron chi connectivity index (χ0n) is 15.3. The summed E-state index contributed by atoms with van der Waals surface area (Å²) < 4.78 is 10.6. The Morgan fingerprint density at radius 2 is 1.93 bits per heavy atom. The van der Waals surface area contributed by atoms with Crippen LogP contribution >= 0.6 is 11.6 Å². The number of benzene rings is 2. The summed E-state index contributed by atoms with van der Waals surface area (Å²) in [4.78, 5) is 18.9. The highest BCUT2D eigenvalue weighted by atomic mass is 35.5. The van der Waals surface area contributed by atoms with Crippen molar-refractivity contribution in [2.24, 2.45) is 0 Å². The number of ether oxygens (including phenoxy) is 1. The van der Waals surface area contributed by atoms with E-state index in [1.165, 1.54) is 0 Å². The molecule has 0 atom stereocenters. The van der Waals surface area contributed by atoms with E-state index in [9.17, 15) is 4.79 Å². The fraction of sp³-hybridized carbons (Fsp3) is 0.238. The Hall–Kier alpha value is -2.79. The highest BCUT2D eigenvalue weighted by molar-refractivity contribution is 6.27. The molecule has 1 aliphatic rings. The van der Waals surface area contributed by atoms with E-state index in [0.717, 1.165) is 28.1 Å². The summed E-state index contributed by atoms with van der Waals surface area (Å²) >= 11 is 5.80. The molecule has 2 aromatic carbocycles. The third-order valence-corrected chi connectivity index (χ3v) is 5.18. The Morgan fingerprint density at radius 1 is 1.19 bits per heavy atom. The first kappa shape index (κ1) is 17.6. The van der Waals surface area contributed by atoms with Crippen LogP contribution in [0.2, 0.25) is 5.35 Å². The lowest BCUT2D eigenvalue weighted by Gasteiger charge is -2.20. The van der Waals surface area contributed by atoms with Gasteiger partial charge in [0.1, 0.15) is 5.75 Å². The number of carbonyl (C=O) groups excluding carboxylic acids is 1. The Bertz CT molecular complexity index is 1010. The normalized spacial score (nSPS) is 15.1. The van der Waals surface area contributed by atoms with E-state index in [2.05, 4.69) is 4.98 Å². The van der Waals surface area contributed by atoms with Crippen molar-refractivity contribution in [1.82, 2.24) is 4.98 Å². The molecule has 3 aromatic rings. The number of oxazole rings is 1. The second-order valence-corrected chi connectivity index (χ2v) is 7.40. The second-order valence-electron chi connectivity index (χ2n) is 7.07. The largest absolute Gasteiger partial charge is 0.497 e. The molecule has 2 heterocycles. The molecule has 0 unspecified atom stereocenters. The third kappa shape index (κ3) is 2.98. The summed E-state index contributed by atoms with van der Waals surface area (Å²) in [5, 5.41) is 0.0944. The minimum Gasteiger partial charge on any atom is -0.497 e. The predicted molar refractivity (Wildman–Crippen MR) is 104 cm³/mol. The Morgan fingerprint density at radius 3 is 2.56 bits per heavy atom. The van der Waals surface area contributed by atoms with Crippen LogP contribution in [0, 0.1) is 0 Å². The summed E-state index contributed by atoms with van der Waals surface area (Å²) in [6, 6.07) is 13.6. The summed E-state index contributed by atoms with van der Waals surface area (Å²) in [6.45, 7) is 4.39. The number of hydrogen-bond donors (Lipinski definition) is 0. The molecule has 6 heteroatoms. The van der Waals surface area contributed by atoms with Gasteiger partial charge < -0.3 is 14.1 Å². The van der Waals surface area contributed by atoms with Gasteiger partial charge in [-0.05, 0) is 54.8 Å². The number of hydrogen-bond acceptors (Lipinski definition) is 4. The van der Waals surface area contributed by atoms with Gasteiger partial charge in [0.2, 0.25) is 5.91 Å². The van der Waals surface area contributed by atoms with Gasteiger partial charge in [-0.1, -0.05) is 24.3 Å². The number of carbonyl (C=O) groups is 1. The fourth-order valence-corrected chi connectivity index (χ4v) is 3.59. The van der Waals surface area contributed by atoms with Gasteiger partial charge in [0.25, 0.3) is 5.35 Å². The van der Waals surface area contributed by atoms with Crippen molar-refractivity contribution in [1.29, 1.82) is 0 Å². The van der Waals surface area contributed by atoms with Crippen LogP contribution in [0.1, 0.15) is 25.0 Å². The molecule has 0 aliphatic carbocycles. The van der Waals surface area contributed by atoms with Crippen LogP contribution in [0.3, 0.4) is 0 Å². The lowest BCUT2D eigenvalue weighted by molar-refractivity contribution is -0.122. The smallest absolute Gasteiger partial charge is 0.292 e. The number of amides is 1. The molecular formula is C21H19ClN2O3. The van der Waals surface area contributed by atoms with E-state index in [-0.39, 0.29) is 11.3 Å². The van der Waals surface area contributed by atoms with Crippen LogP contribution < -0.4 is 9.64 Å². The van der Waals surface area contributed by atoms with Gasteiger partial charge in [-0.3, -0.25) is 4.79 Å². The van der Waals surface area contributed by atoms with E-state index < -0.39 is 5.41 Å². The first-order valence-corrected chi connectivity index (χ1v) is 8.99. The molecule has 1 amide bonds. The Kier molecular flexibility index (Phi) is 4.19. The lowest BCUT2D eigenvalue weighted by Crippen LogP contribution is -2.35. The molecule has 0 saturated carbocycles. The number of halogens is 1. The van der Waals surface area contributed by atoms with Crippen molar-refractivity contribution in [3.63, 3.8) is 0 Å². The molecule has 0 fully saturated rings. The maximum atomic E-state index is 13.1. The predicted octanol–water partition coefficient (Wildman–Crippen LogP) is 4.83. The quantitative estimate of drug-likeness (QED) is 0.648. The standard InChI is InChI=1S/C21H19ClN2O3/c1-21(2)16-9-6-14(18-11-23-20(22)27-18)10-17(16)24(19(21)25)12-13-4-7-15(26-3)8-5-13/h4-11H,12H2,1-3H3. The summed E-state index contributed by atoms with van der Waals surface area (Å²) in [5.41, 5.74) is 3.15. The highest BCUT2D eigenvalue weighted by Gasteiger charge is 2.43. The van der Waals surface area contributed by atoms with Crippen LogP contribution in [0.25, 0.3) is 11.3 Å². The topological polar surface area (TPSA) is 55.6 Å². The SMILES string of the molecule is COc1ccc(CN2C(=O)C(C)(C)c3ccc(-c4cnc(Cl)o4)cc32)cc1. The molecule has 0 bridgehead atoms. The molecule has 138 valence electrons. The van der Waals surface area contributed by atoms with Crippen LogP contribution in [0.5, 0.6) is 5.75 Å². The van der Waals surface area contributed by atoms with Gasteiger partial charge in [0.05, 0.1) is 25.3 Å². The first-order chi connectivity index (χ1) is 12.9. The molecule has 0 radical (unpaired) electrons. The minimum atomic E-state index is -0.584. The molecule has 1 aliphatic heterocycles. The molecule has 1 aromatic heterocycles. The minimum absolute atomic E-state index is 0.0704. The molecule has 27 heavy (non-hydrogen) atoms. The number of rotatable bonds is 4. The molecule has 0 N–H and O–H groups in total. The Labute approximate surface area is 162 Å². The van der Waals surface area contributed by atoms with Crippen LogP contribution in [-0.4, -0.2) is 18.0 Å². The van der Waals surface area contributed by atoms with Gasteiger partial charge in [-0.15, -0.1) is 0 Å². The Balaban J connectivity index is 1.74. The first-order valence-electron chi connectivity index (χ1n) is 8.61. The second kappa shape index (κ2) is 6.43. The molecule has 4 rings (SSSR count). The van der Waals surface area contributed by atoms with Crippen molar-refractivity contribution in [3.05, 3.63) is 65.1 Å². The van der Waals surface area contributed by atoms with E-state index in [4.69, 9.17) is 20.8 Å². The van der Waals surface area contributed by atoms with Crippen molar-refractivity contribution < 1.29 is 13.9 Å². The van der Waals surface area contributed by atoms with Crippen LogP contribution in [-0.2, 0) is 16.8 Å². The molecule has 0 spiro atoms. The van der Waals surface area contributed by atoms with E-state index in [1.54, 1.807) is 13.3 Å². The summed E-state index contributed by atoms with van der Waals surface area (Å²) in [7, 11) is 1.63. The van der Waals surface area contributed by atoms with Gasteiger partial charge in [-0.2, -0.15) is 0 Å². The lowest BCUT2D eigenvalue weighted by atomic mass is 9.86. The monoisotopic (exact) mass is 382 g/mol. The van der Waals surface area contributed by atoms with Gasteiger partial charge >= 0.3 is 0 Å². The van der Waals surface area contributed by atoms with Crippen LogP contribution in [0.15, 0.2) is 53.1 Å². The van der Waals surface area contributed by atoms with Crippen molar-refractivity contribution in [3.8, 4) is 17.1 Å². The summed E-state index contributed by atoms with van der Waals surface area (Å²) in [5.74, 6) is 1.43. The average molecular weight is 383 g/mol. The average Bonchev–Trinajstić information content (AvgIpc) is 3.18. The molecule has 0 saturated heterocycles. The molecule has 5 nitrogen and oxygen atoms in total. The number of fused-ring (bicyclic) bond motifs is 1. The highest BCUT2D eigenvalue weighted by Crippen LogP contribution is 2.44. The van der Waals surface area contributed by atoms with Gasteiger partial charge in [0, 0.05) is 11.3 Å². The zero-order chi connectivity index (χ0) is 19.2. The third-order valence-electron chi connectivity index (χ3n) is 5.00. The maximum absolute atomic E-state index is 13.1. The fourth-order valence-electron chi connectivity index (χ4n) is 3.46. The number of anilines is 1. The van der Waals surface area contributed by atoms with E-state index in [1.807, 2.05) is 61.2 Å². The number of aromatic nitrogens is 1. The number of methoxy groups -OCH3 is 1. The number of nitrogens with zero attached hydrogens (tertiary/aromatic N) is 2. The van der Waals surface area contributed by atoms with Crippen LogP contribution in [0.4, 0.5) is 5.69 Å². The van der Waals surface area contributed by atoms with Crippen molar-refractivity contribution in [2.75, 3.05) is 12.0 Å². The van der Waals surface area contributed by atoms with Crippen molar-refractivity contribution >= 4 is 23.2 Å². The summed E-state index contributed by atoms with van der Waals surface area (Å²) in [6.07, 6.45) is 1.58. The van der Waals surface area contributed by atoms with Gasteiger partial charge in [-0.25, -0.2) is 4.98 Å². The maximum Gasteiger partial charge on any atom is 0.292 e. The van der Waals surface area contributed by atoms with E-state index >= 15 is 0 Å². The zero-order valence-corrected chi connectivity index (χ0v) is 16.1.